The fraction of sp³-hybridized carbons (Fsp3) is 0.556. The molecule has 1 aliphatic heterocycles. The van der Waals surface area contributed by atoms with Gasteiger partial charge in [0.25, 0.3) is 5.91 Å². The molecule has 132 valence electrons. The van der Waals surface area contributed by atoms with Gasteiger partial charge in [0.1, 0.15) is 0 Å². The minimum absolute atomic E-state index is 0. The van der Waals surface area contributed by atoms with Crippen LogP contribution in [0.25, 0.3) is 0 Å². The van der Waals surface area contributed by atoms with Gasteiger partial charge >= 0.3 is 0 Å². The Hall–Kier alpha value is -1.59. The van der Waals surface area contributed by atoms with E-state index in [1.54, 1.807) is 24.3 Å². The maximum Gasteiger partial charge on any atom is 0.254 e. The van der Waals surface area contributed by atoms with E-state index in [1.165, 1.54) is 0 Å². The molecule has 5 nitrogen and oxygen atoms in total. The van der Waals surface area contributed by atoms with Crippen LogP contribution in [0.5, 0.6) is 0 Å². The second-order valence-electron chi connectivity index (χ2n) is 7.03. The minimum Gasteiger partial charge on any atom is -0.336 e. The number of nitrogens with one attached hydrogen (secondary N) is 1. The highest BCUT2D eigenvalue weighted by Gasteiger charge is 2.39. The van der Waals surface area contributed by atoms with Gasteiger partial charge in [-0.3, -0.25) is 9.59 Å². The zero-order valence-corrected chi connectivity index (χ0v) is 15.0. The van der Waals surface area contributed by atoms with Gasteiger partial charge in [-0.15, -0.1) is 12.4 Å². The molecular formula is C18H26ClN3O2. The lowest BCUT2D eigenvalue weighted by molar-refractivity contribution is -0.117. The van der Waals surface area contributed by atoms with Crippen LogP contribution in [0.15, 0.2) is 24.3 Å². The highest BCUT2D eigenvalue weighted by Crippen LogP contribution is 2.38. The van der Waals surface area contributed by atoms with Gasteiger partial charge in [0.05, 0.1) is 0 Å². The third-order valence-corrected chi connectivity index (χ3v) is 5.10. The molecule has 0 bridgehead atoms. The van der Waals surface area contributed by atoms with Crippen molar-refractivity contribution >= 4 is 29.9 Å². The summed E-state index contributed by atoms with van der Waals surface area (Å²) in [6.07, 6.45) is 1.94. The van der Waals surface area contributed by atoms with Crippen molar-refractivity contribution in [1.29, 1.82) is 0 Å². The van der Waals surface area contributed by atoms with Crippen molar-refractivity contribution in [3.8, 4) is 0 Å². The number of halogens is 1. The summed E-state index contributed by atoms with van der Waals surface area (Å²) in [5.41, 5.74) is 7.13. The molecule has 4 atom stereocenters. The number of anilines is 1. The molecule has 2 amide bonds. The zero-order chi connectivity index (χ0) is 16.6. The van der Waals surface area contributed by atoms with E-state index in [9.17, 15) is 9.59 Å². The molecule has 1 heterocycles. The molecule has 4 unspecified atom stereocenters. The van der Waals surface area contributed by atoms with Gasteiger partial charge in [0.2, 0.25) is 5.91 Å². The number of nitrogens with two attached hydrogens (primary N) is 1. The predicted molar refractivity (Wildman–Crippen MR) is 97.3 cm³/mol. The summed E-state index contributed by atoms with van der Waals surface area (Å²) < 4.78 is 0. The summed E-state index contributed by atoms with van der Waals surface area (Å²) in [5, 5.41) is 2.91. The van der Waals surface area contributed by atoms with Gasteiger partial charge in [-0.25, -0.2) is 0 Å². The molecule has 1 aliphatic carbocycles. The van der Waals surface area contributed by atoms with Crippen LogP contribution in [0, 0.1) is 17.8 Å². The number of rotatable bonds is 4. The molecule has 2 aliphatic rings. The van der Waals surface area contributed by atoms with Gasteiger partial charge in [-0.2, -0.15) is 0 Å². The van der Waals surface area contributed by atoms with Gasteiger partial charge < -0.3 is 16.0 Å². The predicted octanol–water partition coefficient (Wildman–Crippen LogP) is 2.51. The number of benzene rings is 1. The van der Waals surface area contributed by atoms with E-state index < -0.39 is 0 Å². The van der Waals surface area contributed by atoms with Crippen molar-refractivity contribution in [1.82, 2.24) is 4.90 Å². The number of carbonyl (C=O) groups excluding carboxylic acids is 2. The Kier molecular flexibility index (Phi) is 5.88. The molecule has 1 saturated heterocycles. The SMILES string of the molecule is CC1CC1C(=O)Nc1ccc(C(=O)N2CC(CN)CC2C)cc1.Cl. The van der Waals surface area contributed by atoms with Gasteiger partial charge in [-0.05, 0) is 62.4 Å². The zero-order valence-electron chi connectivity index (χ0n) is 14.2. The standard InChI is InChI=1S/C18H25N3O2.ClH/c1-11-7-16(11)17(22)20-15-5-3-14(4-6-15)18(23)21-10-13(9-19)8-12(21)2;/h3-6,11-13,16H,7-10,19H2,1-2H3,(H,20,22);1H. The minimum atomic E-state index is 0. The molecule has 1 saturated carbocycles. The second kappa shape index (κ2) is 7.53. The van der Waals surface area contributed by atoms with Crippen molar-refractivity contribution in [2.75, 3.05) is 18.4 Å². The Balaban J connectivity index is 0.00000208. The number of nitrogens with zero attached hydrogens (tertiary/aromatic N) is 1. The average molecular weight is 352 g/mol. The molecule has 3 N–H and O–H groups in total. The molecule has 3 rings (SSSR count). The fourth-order valence-electron chi connectivity index (χ4n) is 3.38. The van der Waals surface area contributed by atoms with Crippen molar-refractivity contribution in [3.05, 3.63) is 29.8 Å². The van der Waals surface area contributed by atoms with E-state index in [1.807, 2.05) is 4.90 Å². The molecular weight excluding hydrogens is 326 g/mol. The second-order valence-corrected chi connectivity index (χ2v) is 7.03. The Morgan fingerprint density at radius 2 is 1.83 bits per heavy atom. The Morgan fingerprint density at radius 3 is 2.33 bits per heavy atom. The first-order valence-electron chi connectivity index (χ1n) is 8.41. The first kappa shape index (κ1) is 18.7. The summed E-state index contributed by atoms with van der Waals surface area (Å²) in [4.78, 5) is 26.4. The first-order chi connectivity index (χ1) is 11.0. The van der Waals surface area contributed by atoms with Crippen LogP contribution in [0.3, 0.4) is 0 Å². The molecule has 2 fully saturated rings. The van der Waals surface area contributed by atoms with Crippen molar-refractivity contribution < 1.29 is 9.59 Å². The smallest absolute Gasteiger partial charge is 0.254 e. The lowest BCUT2D eigenvalue weighted by atomic mass is 10.1. The quantitative estimate of drug-likeness (QED) is 0.875. The first-order valence-corrected chi connectivity index (χ1v) is 8.41. The molecule has 0 aromatic heterocycles. The van der Waals surface area contributed by atoms with E-state index >= 15 is 0 Å². The van der Waals surface area contributed by atoms with Crippen LogP contribution in [0.4, 0.5) is 5.69 Å². The van der Waals surface area contributed by atoms with Crippen molar-refractivity contribution in [2.24, 2.45) is 23.5 Å². The lowest BCUT2D eigenvalue weighted by Gasteiger charge is -2.21. The monoisotopic (exact) mass is 351 g/mol. The summed E-state index contributed by atoms with van der Waals surface area (Å²) in [6, 6.07) is 7.42. The molecule has 0 spiro atoms. The molecule has 6 heteroatoms. The van der Waals surface area contributed by atoms with Gasteiger partial charge in [0, 0.05) is 29.8 Å². The maximum atomic E-state index is 12.6. The molecule has 1 aromatic rings. The topological polar surface area (TPSA) is 75.4 Å². The van der Waals surface area contributed by atoms with Crippen LogP contribution in [-0.4, -0.2) is 35.8 Å². The molecule has 1 aromatic carbocycles. The van der Waals surface area contributed by atoms with Gasteiger partial charge in [0.15, 0.2) is 0 Å². The van der Waals surface area contributed by atoms with Crippen LogP contribution < -0.4 is 11.1 Å². The number of amides is 2. The van der Waals surface area contributed by atoms with Gasteiger partial charge in [-0.1, -0.05) is 6.92 Å². The fourth-order valence-corrected chi connectivity index (χ4v) is 3.38. The van der Waals surface area contributed by atoms with E-state index in [0.29, 0.717) is 23.9 Å². The number of hydrogen-bond acceptors (Lipinski definition) is 3. The summed E-state index contributed by atoms with van der Waals surface area (Å²) >= 11 is 0. The third kappa shape index (κ3) is 3.90. The van der Waals surface area contributed by atoms with Crippen LogP contribution in [0.2, 0.25) is 0 Å². The van der Waals surface area contributed by atoms with Crippen LogP contribution >= 0.6 is 12.4 Å². The van der Waals surface area contributed by atoms with E-state index in [0.717, 1.165) is 25.1 Å². The Labute approximate surface area is 149 Å². The van der Waals surface area contributed by atoms with Crippen molar-refractivity contribution in [2.45, 2.75) is 32.7 Å². The van der Waals surface area contributed by atoms with Crippen LogP contribution in [0.1, 0.15) is 37.0 Å². The van der Waals surface area contributed by atoms with E-state index in [4.69, 9.17) is 5.73 Å². The largest absolute Gasteiger partial charge is 0.336 e. The number of carbonyl (C=O) groups is 2. The highest BCUT2D eigenvalue weighted by molar-refractivity contribution is 5.97. The molecule has 24 heavy (non-hydrogen) atoms. The highest BCUT2D eigenvalue weighted by atomic mass is 35.5. The summed E-state index contributed by atoms with van der Waals surface area (Å²) in [7, 11) is 0. The van der Waals surface area contributed by atoms with Crippen molar-refractivity contribution in [3.63, 3.8) is 0 Å². The Morgan fingerprint density at radius 1 is 1.21 bits per heavy atom. The van der Waals surface area contributed by atoms with E-state index in [2.05, 4.69) is 19.2 Å². The average Bonchev–Trinajstić information content (AvgIpc) is 3.16. The summed E-state index contributed by atoms with van der Waals surface area (Å²) in [5.74, 6) is 1.16. The molecule has 0 radical (unpaired) electrons. The van der Waals surface area contributed by atoms with E-state index in [-0.39, 0.29) is 36.2 Å². The third-order valence-electron chi connectivity index (χ3n) is 5.10. The number of hydrogen-bond donors (Lipinski definition) is 2. The Bertz CT molecular complexity index is 605. The maximum absolute atomic E-state index is 12.6. The normalized spacial score (nSPS) is 28.2. The lowest BCUT2D eigenvalue weighted by Crippen LogP contribution is -2.34. The van der Waals surface area contributed by atoms with Crippen LogP contribution in [-0.2, 0) is 4.79 Å². The number of likely N-dealkylation sites (tertiary alicyclic amines) is 1. The summed E-state index contributed by atoms with van der Waals surface area (Å²) in [6.45, 7) is 5.50.